The van der Waals surface area contributed by atoms with Gasteiger partial charge in [-0.3, -0.25) is 9.36 Å². The molecule has 6 nitrogen and oxygen atoms in total. The number of ether oxygens (including phenoxy) is 2. The van der Waals surface area contributed by atoms with Gasteiger partial charge in [-0.25, -0.2) is 4.79 Å². The molecule has 3 rings (SSSR count). The van der Waals surface area contributed by atoms with Crippen LogP contribution in [0.5, 0.6) is 11.5 Å². The Morgan fingerprint density at radius 1 is 1.04 bits per heavy atom. The van der Waals surface area contributed by atoms with Crippen molar-refractivity contribution in [3.63, 3.8) is 0 Å². The molecule has 1 heterocycles. The van der Waals surface area contributed by atoms with Crippen molar-refractivity contribution in [2.75, 3.05) is 14.2 Å². The number of benzene rings is 2. The van der Waals surface area contributed by atoms with E-state index in [0.717, 1.165) is 4.57 Å². The zero-order chi connectivity index (χ0) is 16.4. The first-order valence-corrected chi connectivity index (χ1v) is 7.07. The number of hydrogen-bond donors (Lipinski definition) is 1. The lowest BCUT2D eigenvalue weighted by Gasteiger charge is -2.12. The SMILES string of the molecule is COc1ccc(OC)c(Cn2c(=O)[nH]c3ccccc3c2=O)c1. The highest BCUT2D eigenvalue weighted by Gasteiger charge is 2.11. The fourth-order valence-corrected chi connectivity index (χ4v) is 2.52. The molecule has 0 radical (unpaired) electrons. The molecule has 1 aromatic heterocycles. The molecule has 3 aromatic rings. The van der Waals surface area contributed by atoms with Crippen LogP contribution < -0.4 is 20.7 Å². The van der Waals surface area contributed by atoms with Crippen LogP contribution in [0.2, 0.25) is 0 Å². The molecule has 0 atom stereocenters. The quantitative estimate of drug-likeness (QED) is 0.796. The van der Waals surface area contributed by atoms with E-state index in [2.05, 4.69) is 4.98 Å². The van der Waals surface area contributed by atoms with Crippen molar-refractivity contribution in [1.82, 2.24) is 9.55 Å². The van der Waals surface area contributed by atoms with Gasteiger partial charge in [-0.15, -0.1) is 0 Å². The fourth-order valence-electron chi connectivity index (χ4n) is 2.52. The molecule has 1 N–H and O–H groups in total. The third-order valence-corrected chi connectivity index (χ3v) is 3.71. The van der Waals surface area contributed by atoms with E-state index in [1.165, 1.54) is 0 Å². The molecule has 0 fully saturated rings. The molecule has 6 heteroatoms. The molecule has 2 aromatic carbocycles. The van der Waals surface area contributed by atoms with Crippen molar-refractivity contribution >= 4 is 10.9 Å². The second-order valence-corrected chi connectivity index (χ2v) is 5.04. The predicted octanol–water partition coefficient (Wildman–Crippen LogP) is 1.76. The number of hydrogen-bond acceptors (Lipinski definition) is 4. The molecule has 118 valence electrons. The first-order chi connectivity index (χ1) is 11.1. The van der Waals surface area contributed by atoms with Crippen molar-refractivity contribution in [3.8, 4) is 11.5 Å². The standard InChI is InChI=1S/C17H16N2O4/c1-22-12-7-8-15(23-2)11(9-12)10-19-16(20)13-5-3-4-6-14(13)18-17(19)21/h3-9H,10H2,1-2H3,(H,18,21). The topological polar surface area (TPSA) is 73.3 Å². The van der Waals surface area contributed by atoms with E-state index in [9.17, 15) is 9.59 Å². The number of aromatic nitrogens is 2. The fraction of sp³-hybridized carbons (Fsp3) is 0.176. The molecule has 0 spiro atoms. The first-order valence-electron chi connectivity index (χ1n) is 7.07. The average Bonchev–Trinajstić information content (AvgIpc) is 2.58. The van der Waals surface area contributed by atoms with Gasteiger partial charge in [-0.1, -0.05) is 12.1 Å². The summed E-state index contributed by atoms with van der Waals surface area (Å²) in [7, 11) is 3.10. The second kappa shape index (κ2) is 6.00. The van der Waals surface area contributed by atoms with Crippen molar-refractivity contribution < 1.29 is 9.47 Å². The molecule has 0 aliphatic carbocycles. The summed E-state index contributed by atoms with van der Waals surface area (Å²) in [6, 6.07) is 12.2. The molecule has 0 bridgehead atoms. The minimum Gasteiger partial charge on any atom is -0.497 e. The van der Waals surface area contributed by atoms with Crippen molar-refractivity contribution in [2.24, 2.45) is 0 Å². The van der Waals surface area contributed by atoms with Gasteiger partial charge in [0.15, 0.2) is 0 Å². The monoisotopic (exact) mass is 312 g/mol. The van der Waals surface area contributed by atoms with Crippen LogP contribution in [0.3, 0.4) is 0 Å². The zero-order valence-corrected chi connectivity index (χ0v) is 12.8. The lowest BCUT2D eigenvalue weighted by atomic mass is 10.1. The third-order valence-electron chi connectivity index (χ3n) is 3.71. The van der Waals surface area contributed by atoms with E-state index in [-0.39, 0.29) is 12.1 Å². The van der Waals surface area contributed by atoms with Gasteiger partial charge < -0.3 is 14.5 Å². The van der Waals surface area contributed by atoms with Crippen LogP contribution in [0.15, 0.2) is 52.1 Å². The van der Waals surface area contributed by atoms with Crippen LogP contribution in [-0.4, -0.2) is 23.8 Å². The minimum atomic E-state index is -0.460. The lowest BCUT2D eigenvalue weighted by Crippen LogP contribution is -2.35. The molecule has 0 aliphatic rings. The number of fused-ring (bicyclic) bond motifs is 1. The van der Waals surface area contributed by atoms with E-state index in [1.54, 1.807) is 56.7 Å². The van der Waals surface area contributed by atoms with Crippen LogP contribution in [-0.2, 0) is 6.54 Å². The smallest absolute Gasteiger partial charge is 0.329 e. The van der Waals surface area contributed by atoms with Crippen LogP contribution in [0.25, 0.3) is 10.9 Å². The highest BCUT2D eigenvalue weighted by atomic mass is 16.5. The van der Waals surface area contributed by atoms with Gasteiger partial charge in [-0.2, -0.15) is 0 Å². The normalized spacial score (nSPS) is 10.7. The van der Waals surface area contributed by atoms with Crippen LogP contribution in [0.1, 0.15) is 5.56 Å². The number of aromatic amines is 1. The molecule has 0 amide bonds. The first kappa shape index (κ1) is 14.9. The maximum atomic E-state index is 12.6. The molecule has 0 aliphatic heterocycles. The molecule has 0 saturated heterocycles. The van der Waals surface area contributed by atoms with Crippen molar-refractivity contribution in [3.05, 3.63) is 68.9 Å². The zero-order valence-electron chi connectivity index (χ0n) is 12.8. The number of methoxy groups -OCH3 is 2. The van der Waals surface area contributed by atoms with Gasteiger partial charge in [-0.05, 0) is 30.3 Å². The maximum absolute atomic E-state index is 12.6. The highest BCUT2D eigenvalue weighted by molar-refractivity contribution is 5.76. The Kier molecular flexibility index (Phi) is 3.89. The number of nitrogens with zero attached hydrogens (tertiary/aromatic N) is 1. The Labute approximate surface area is 131 Å². The molecular formula is C17H16N2O4. The summed E-state index contributed by atoms with van der Waals surface area (Å²) in [5.41, 5.74) is 0.416. The predicted molar refractivity (Wildman–Crippen MR) is 87.5 cm³/mol. The molecule has 23 heavy (non-hydrogen) atoms. The van der Waals surface area contributed by atoms with Gasteiger partial charge in [0, 0.05) is 5.56 Å². The Balaban J connectivity index is 2.16. The van der Waals surface area contributed by atoms with Gasteiger partial charge in [0.25, 0.3) is 5.56 Å². The number of para-hydroxylation sites is 1. The summed E-state index contributed by atoms with van der Waals surface area (Å²) in [5.74, 6) is 1.22. The van der Waals surface area contributed by atoms with Crippen LogP contribution >= 0.6 is 0 Å². The molecule has 0 saturated carbocycles. The van der Waals surface area contributed by atoms with E-state index < -0.39 is 5.69 Å². The Bertz CT molecular complexity index is 972. The Morgan fingerprint density at radius 2 is 1.83 bits per heavy atom. The maximum Gasteiger partial charge on any atom is 0.329 e. The second-order valence-electron chi connectivity index (χ2n) is 5.04. The molecule has 0 unspecified atom stereocenters. The van der Waals surface area contributed by atoms with Gasteiger partial charge in [0.2, 0.25) is 0 Å². The van der Waals surface area contributed by atoms with E-state index in [4.69, 9.17) is 9.47 Å². The summed E-state index contributed by atoms with van der Waals surface area (Å²) < 4.78 is 11.6. The highest BCUT2D eigenvalue weighted by Crippen LogP contribution is 2.24. The Hall–Kier alpha value is -3.02. The average molecular weight is 312 g/mol. The summed E-state index contributed by atoms with van der Waals surface area (Å²) in [5, 5.41) is 0.467. The summed E-state index contributed by atoms with van der Waals surface area (Å²) in [6.45, 7) is 0.0966. The number of rotatable bonds is 4. The minimum absolute atomic E-state index is 0.0966. The van der Waals surface area contributed by atoms with E-state index >= 15 is 0 Å². The van der Waals surface area contributed by atoms with Crippen molar-refractivity contribution in [1.29, 1.82) is 0 Å². The van der Waals surface area contributed by atoms with Gasteiger partial charge in [0.05, 0.1) is 31.7 Å². The summed E-state index contributed by atoms with van der Waals surface area (Å²) in [6.07, 6.45) is 0. The van der Waals surface area contributed by atoms with Gasteiger partial charge >= 0.3 is 5.69 Å². The van der Waals surface area contributed by atoms with Crippen molar-refractivity contribution in [2.45, 2.75) is 6.54 Å². The molecular weight excluding hydrogens is 296 g/mol. The largest absolute Gasteiger partial charge is 0.497 e. The summed E-state index contributed by atoms with van der Waals surface area (Å²) >= 11 is 0. The third kappa shape index (κ3) is 2.70. The summed E-state index contributed by atoms with van der Waals surface area (Å²) in [4.78, 5) is 27.5. The van der Waals surface area contributed by atoms with Gasteiger partial charge in [0.1, 0.15) is 11.5 Å². The Morgan fingerprint density at radius 3 is 2.57 bits per heavy atom. The van der Waals surface area contributed by atoms with E-state index in [1.807, 2.05) is 0 Å². The van der Waals surface area contributed by atoms with Crippen LogP contribution in [0.4, 0.5) is 0 Å². The number of H-pyrrole nitrogens is 1. The van der Waals surface area contributed by atoms with E-state index in [0.29, 0.717) is 28.0 Å². The lowest BCUT2D eigenvalue weighted by molar-refractivity contribution is 0.397. The van der Waals surface area contributed by atoms with Crippen LogP contribution in [0, 0.1) is 0 Å². The number of nitrogens with one attached hydrogen (secondary N) is 1.